The van der Waals surface area contributed by atoms with E-state index in [1.54, 1.807) is 0 Å². The molecule has 0 amide bonds. The van der Waals surface area contributed by atoms with Crippen LogP contribution in [0.4, 0.5) is 0 Å². The Morgan fingerprint density at radius 2 is 1.82 bits per heavy atom. The Bertz CT molecular complexity index is 350. The minimum atomic E-state index is -1.22. The molecule has 0 aliphatic heterocycles. The molecule has 0 aromatic carbocycles. The van der Waals surface area contributed by atoms with Crippen LogP contribution in [0.3, 0.4) is 0 Å². The maximum absolute atomic E-state index is 5.67. The van der Waals surface area contributed by atoms with Crippen molar-refractivity contribution < 1.29 is 4.74 Å². The second-order valence-electron chi connectivity index (χ2n) is 6.87. The van der Waals surface area contributed by atoms with Crippen molar-refractivity contribution in [3.63, 3.8) is 0 Å². The lowest BCUT2D eigenvalue weighted by molar-refractivity contribution is 0.0786. The van der Waals surface area contributed by atoms with Crippen molar-refractivity contribution in [2.24, 2.45) is 0 Å². The molecule has 0 fully saturated rings. The summed E-state index contributed by atoms with van der Waals surface area (Å²) in [5, 5.41) is 5.75. The molecule has 0 saturated carbocycles. The second kappa shape index (κ2) is 5.50. The maximum atomic E-state index is 5.67. The molecule has 5 heteroatoms. The summed E-state index contributed by atoms with van der Waals surface area (Å²) < 4.78 is 7.59. The zero-order valence-electron chi connectivity index (χ0n) is 12.1. The molecule has 0 saturated heterocycles. The van der Waals surface area contributed by atoms with Crippen LogP contribution in [0.1, 0.15) is 0 Å². The molecule has 1 aromatic rings. The van der Waals surface area contributed by atoms with Gasteiger partial charge in [0.1, 0.15) is 6.73 Å². The van der Waals surface area contributed by atoms with Crippen molar-refractivity contribution in [3.8, 4) is 0 Å². The minimum absolute atomic E-state index is 0.592. The minimum Gasteiger partial charge on any atom is -0.360 e. The van der Waals surface area contributed by atoms with Gasteiger partial charge in [0.25, 0.3) is 0 Å². The molecule has 0 radical (unpaired) electrons. The maximum Gasteiger partial charge on any atom is 0.139 e. The van der Waals surface area contributed by atoms with E-state index in [1.165, 1.54) is 11.2 Å². The van der Waals surface area contributed by atoms with E-state index in [4.69, 9.17) is 4.74 Å². The van der Waals surface area contributed by atoms with Crippen LogP contribution >= 0.6 is 0 Å². The Balaban J connectivity index is 2.36. The third-order valence-corrected chi connectivity index (χ3v) is 6.41. The van der Waals surface area contributed by atoms with Crippen molar-refractivity contribution >= 4 is 21.3 Å². The average Bonchev–Trinajstić information content (AvgIpc) is 2.58. The lowest BCUT2D eigenvalue weighted by Crippen LogP contribution is -2.36. The van der Waals surface area contributed by atoms with Crippen LogP contribution in [0.15, 0.2) is 12.4 Å². The highest BCUT2D eigenvalue weighted by Crippen LogP contribution is 2.07. The van der Waals surface area contributed by atoms with E-state index in [2.05, 4.69) is 50.6 Å². The van der Waals surface area contributed by atoms with Crippen LogP contribution < -0.4 is 5.19 Å². The summed E-state index contributed by atoms with van der Waals surface area (Å²) in [6.45, 7) is 15.6. The number of hydrogen-bond acceptors (Lipinski definition) is 2. The summed E-state index contributed by atoms with van der Waals surface area (Å²) in [5.74, 6) is 0. The van der Waals surface area contributed by atoms with Crippen LogP contribution in [0.25, 0.3) is 0 Å². The first-order chi connectivity index (χ1) is 7.68. The van der Waals surface area contributed by atoms with E-state index in [1.807, 2.05) is 10.9 Å². The molecule has 1 aromatic heterocycles. The Labute approximate surface area is 107 Å². The van der Waals surface area contributed by atoms with Crippen molar-refractivity contribution in [1.82, 2.24) is 9.78 Å². The fourth-order valence-corrected chi connectivity index (χ4v) is 3.10. The van der Waals surface area contributed by atoms with Gasteiger partial charge >= 0.3 is 0 Å². The first kappa shape index (κ1) is 14.7. The fraction of sp³-hybridized carbons (Fsp3) is 0.750. The largest absolute Gasteiger partial charge is 0.360 e. The molecule has 0 aliphatic rings. The highest BCUT2D eigenvalue weighted by molar-refractivity contribution is 6.88. The van der Waals surface area contributed by atoms with Gasteiger partial charge in [-0.2, -0.15) is 5.10 Å². The average molecular weight is 271 g/mol. The first-order valence-electron chi connectivity index (χ1n) is 6.29. The van der Waals surface area contributed by atoms with Gasteiger partial charge in [-0.3, -0.25) is 0 Å². The van der Waals surface area contributed by atoms with E-state index < -0.39 is 16.1 Å². The van der Waals surface area contributed by atoms with Crippen LogP contribution in [0, 0.1) is 0 Å². The van der Waals surface area contributed by atoms with Crippen molar-refractivity contribution in [3.05, 3.63) is 12.4 Å². The third-order valence-electron chi connectivity index (χ3n) is 2.72. The summed E-state index contributed by atoms with van der Waals surface area (Å²) >= 11 is 0. The first-order valence-corrected chi connectivity index (χ1v) is 13.5. The smallest absolute Gasteiger partial charge is 0.139 e. The van der Waals surface area contributed by atoms with Gasteiger partial charge in [-0.1, -0.05) is 39.3 Å². The Hall–Kier alpha value is -0.396. The summed E-state index contributed by atoms with van der Waals surface area (Å²) in [4.78, 5) is 0. The molecule has 0 spiro atoms. The summed E-state index contributed by atoms with van der Waals surface area (Å²) in [6, 6.07) is 1.22. The molecule has 0 N–H and O–H groups in total. The van der Waals surface area contributed by atoms with Gasteiger partial charge in [0, 0.05) is 27.1 Å². The number of nitrogens with zero attached hydrogens (tertiary/aromatic N) is 2. The number of hydrogen-bond donors (Lipinski definition) is 0. The second-order valence-corrected chi connectivity index (χ2v) is 17.6. The molecule has 0 aliphatic carbocycles. The van der Waals surface area contributed by atoms with Gasteiger partial charge in [-0.25, -0.2) is 4.68 Å². The van der Waals surface area contributed by atoms with Gasteiger partial charge in [0.05, 0.1) is 8.07 Å². The van der Waals surface area contributed by atoms with Crippen molar-refractivity contribution in [1.29, 1.82) is 0 Å². The van der Waals surface area contributed by atoms with Gasteiger partial charge in [0.2, 0.25) is 0 Å². The van der Waals surface area contributed by atoms with Gasteiger partial charge < -0.3 is 4.74 Å². The molecule has 0 bridgehead atoms. The predicted molar refractivity (Wildman–Crippen MR) is 79.3 cm³/mol. The molecule has 1 rings (SSSR count). The molecule has 0 atom stereocenters. The summed E-state index contributed by atoms with van der Waals surface area (Å²) in [5.41, 5.74) is 0. The number of ether oxygens (including phenoxy) is 1. The monoisotopic (exact) mass is 270 g/mol. The molecule has 3 nitrogen and oxygen atoms in total. The van der Waals surface area contributed by atoms with E-state index in [9.17, 15) is 0 Å². The molecule has 0 unspecified atom stereocenters. The van der Waals surface area contributed by atoms with E-state index in [0.717, 1.165) is 6.61 Å². The normalized spacial score (nSPS) is 13.1. The lowest BCUT2D eigenvalue weighted by atomic mass is 10.7. The van der Waals surface area contributed by atoms with Crippen LogP contribution in [0.2, 0.25) is 45.3 Å². The molecule has 1 heterocycles. The van der Waals surface area contributed by atoms with Gasteiger partial charge in [-0.15, -0.1) is 0 Å². The van der Waals surface area contributed by atoms with Gasteiger partial charge in [-0.05, 0) is 11.2 Å². The summed E-state index contributed by atoms with van der Waals surface area (Å²) in [7, 11) is -2.19. The lowest BCUT2D eigenvalue weighted by Gasteiger charge is -2.15. The number of aromatic nitrogens is 2. The SMILES string of the molecule is C[Si](C)(C)CCOCn1cc([Si](C)(C)C)cn1. The third kappa shape index (κ3) is 5.65. The van der Waals surface area contributed by atoms with Crippen molar-refractivity contribution in [2.75, 3.05) is 6.61 Å². The standard InChI is InChI=1S/C12H26N2OSi2/c1-16(2,3)8-7-15-11-14-10-12(9-13-14)17(4,5)6/h9-10H,7-8,11H2,1-6H3. The zero-order chi connectivity index (χ0) is 13.1. The number of rotatable bonds is 6. The molecular weight excluding hydrogens is 244 g/mol. The van der Waals surface area contributed by atoms with Crippen LogP contribution in [-0.2, 0) is 11.5 Å². The topological polar surface area (TPSA) is 27.1 Å². The van der Waals surface area contributed by atoms with Crippen LogP contribution in [0.5, 0.6) is 0 Å². The summed E-state index contributed by atoms with van der Waals surface area (Å²) in [6.07, 6.45) is 4.13. The molecule has 17 heavy (non-hydrogen) atoms. The Kier molecular flexibility index (Phi) is 4.74. The van der Waals surface area contributed by atoms with E-state index >= 15 is 0 Å². The zero-order valence-corrected chi connectivity index (χ0v) is 14.1. The Morgan fingerprint density at radius 3 is 2.29 bits per heavy atom. The highest BCUT2D eigenvalue weighted by Gasteiger charge is 2.18. The predicted octanol–water partition coefficient (Wildman–Crippen LogP) is 2.74. The molecular formula is C12H26N2OSi2. The Morgan fingerprint density at radius 1 is 1.18 bits per heavy atom. The van der Waals surface area contributed by atoms with E-state index in [-0.39, 0.29) is 0 Å². The fourth-order valence-electron chi connectivity index (χ4n) is 1.36. The van der Waals surface area contributed by atoms with Gasteiger partial charge in [0.15, 0.2) is 0 Å². The van der Waals surface area contributed by atoms with E-state index in [0.29, 0.717) is 6.73 Å². The van der Waals surface area contributed by atoms with Crippen LogP contribution in [-0.4, -0.2) is 32.5 Å². The molecule has 98 valence electrons. The highest BCUT2D eigenvalue weighted by atomic mass is 28.3. The van der Waals surface area contributed by atoms with Crippen molar-refractivity contribution in [2.45, 2.75) is 52.1 Å². The quantitative estimate of drug-likeness (QED) is 0.587.